The lowest BCUT2D eigenvalue weighted by Gasteiger charge is -2.16. The maximum absolute atomic E-state index is 12.7. The van der Waals surface area contributed by atoms with Gasteiger partial charge in [-0.15, -0.1) is 0 Å². The average molecular weight is 349 g/mol. The van der Waals surface area contributed by atoms with Crippen LogP contribution in [0.15, 0.2) is 60.8 Å². The van der Waals surface area contributed by atoms with E-state index in [1.807, 2.05) is 75.4 Å². The number of carbonyl (C=O) groups excluding carboxylic acids is 1. The number of rotatable bonds is 6. The predicted octanol–water partition coefficient (Wildman–Crippen LogP) is 4.35. The lowest BCUT2D eigenvalue weighted by Crippen LogP contribution is -2.26. The molecule has 134 valence electrons. The van der Waals surface area contributed by atoms with E-state index in [0.29, 0.717) is 11.3 Å². The second-order valence-electron chi connectivity index (χ2n) is 6.46. The van der Waals surface area contributed by atoms with Gasteiger partial charge in [-0.1, -0.05) is 42.5 Å². The van der Waals surface area contributed by atoms with Crippen molar-refractivity contribution in [2.24, 2.45) is 0 Å². The normalized spacial score (nSPS) is 12.0. The van der Waals surface area contributed by atoms with Gasteiger partial charge in [-0.05, 0) is 38.5 Å². The third-order valence-electron chi connectivity index (χ3n) is 4.02. The minimum Gasteiger partial charge on any atom is -0.491 e. The Morgan fingerprint density at radius 1 is 1.08 bits per heavy atom. The van der Waals surface area contributed by atoms with Gasteiger partial charge >= 0.3 is 0 Å². The van der Waals surface area contributed by atoms with Crippen molar-refractivity contribution in [3.05, 3.63) is 71.9 Å². The van der Waals surface area contributed by atoms with Crippen molar-refractivity contribution in [1.29, 1.82) is 0 Å². The summed E-state index contributed by atoms with van der Waals surface area (Å²) >= 11 is 0. The van der Waals surface area contributed by atoms with Crippen LogP contribution >= 0.6 is 0 Å². The molecule has 0 bridgehead atoms. The molecular formula is C21H23N3O2. The van der Waals surface area contributed by atoms with Crippen molar-refractivity contribution in [3.8, 4) is 17.0 Å². The summed E-state index contributed by atoms with van der Waals surface area (Å²) in [5.74, 6) is 0.632. The van der Waals surface area contributed by atoms with E-state index in [0.717, 1.165) is 16.9 Å². The lowest BCUT2D eigenvalue weighted by atomic mass is 10.1. The molecule has 0 radical (unpaired) electrons. The Kier molecular flexibility index (Phi) is 5.37. The number of hydrogen-bond donors (Lipinski definition) is 2. The largest absolute Gasteiger partial charge is 0.491 e. The zero-order valence-electron chi connectivity index (χ0n) is 15.2. The molecule has 1 heterocycles. The maximum Gasteiger partial charge on any atom is 0.255 e. The number of hydrogen-bond acceptors (Lipinski definition) is 3. The van der Waals surface area contributed by atoms with Gasteiger partial charge in [0.1, 0.15) is 5.75 Å². The Bertz CT molecular complexity index is 872. The molecule has 0 fully saturated rings. The monoisotopic (exact) mass is 349 g/mol. The summed E-state index contributed by atoms with van der Waals surface area (Å²) in [4.78, 5) is 12.7. The first-order valence-electron chi connectivity index (χ1n) is 8.71. The fourth-order valence-corrected chi connectivity index (χ4v) is 2.77. The smallest absolute Gasteiger partial charge is 0.255 e. The highest BCUT2D eigenvalue weighted by molar-refractivity contribution is 5.99. The summed E-state index contributed by atoms with van der Waals surface area (Å²) in [5.41, 5.74) is 3.15. The third-order valence-corrected chi connectivity index (χ3v) is 4.02. The molecule has 1 unspecified atom stereocenters. The van der Waals surface area contributed by atoms with Crippen LogP contribution in [0.25, 0.3) is 11.3 Å². The Hall–Kier alpha value is -3.08. The minimum atomic E-state index is -0.166. The van der Waals surface area contributed by atoms with Crippen molar-refractivity contribution in [2.45, 2.75) is 32.9 Å². The molecule has 3 rings (SSSR count). The van der Waals surface area contributed by atoms with Gasteiger partial charge in [0.25, 0.3) is 5.91 Å². The van der Waals surface area contributed by atoms with Gasteiger partial charge in [0, 0.05) is 5.56 Å². The summed E-state index contributed by atoms with van der Waals surface area (Å²) in [5, 5.41) is 9.99. The molecule has 3 aromatic rings. The summed E-state index contributed by atoms with van der Waals surface area (Å²) < 4.78 is 5.73. The number of nitrogens with zero attached hydrogens (tertiary/aromatic N) is 1. The number of H-pyrrole nitrogens is 1. The Labute approximate surface area is 153 Å². The highest BCUT2D eigenvalue weighted by Gasteiger charge is 2.18. The van der Waals surface area contributed by atoms with Crippen LogP contribution in [-0.4, -0.2) is 22.2 Å². The van der Waals surface area contributed by atoms with E-state index < -0.39 is 0 Å². The van der Waals surface area contributed by atoms with Crippen LogP contribution in [-0.2, 0) is 0 Å². The van der Waals surface area contributed by atoms with Crippen LogP contribution in [0.5, 0.6) is 5.75 Å². The van der Waals surface area contributed by atoms with E-state index in [1.165, 1.54) is 0 Å². The molecule has 2 aromatic carbocycles. The predicted molar refractivity (Wildman–Crippen MR) is 102 cm³/mol. The third kappa shape index (κ3) is 4.11. The summed E-state index contributed by atoms with van der Waals surface area (Å²) in [6, 6.07) is 17.3. The van der Waals surface area contributed by atoms with E-state index in [9.17, 15) is 4.79 Å². The molecule has 26 heavy (non-hydrogen) atoms. The summed E-state index contributed by atoms with van der Waals surface area (Å²) in [6.45, 7) is 5.93. The maximum atomic E-state index is 12.7. The lowest BCUT2D eigenvalue weighted by molar-refractivity contribution is 0.0940. The molecule has 0 aliphatic heterocycles. The second-order valence-corrected chi connectivity index (χ2v) is 6.46. The van der Waals surface area contributed by atoms with E-state index >= 15 is 0 Å². The van der Waals surface area contributed by atoms with E-state index in [4.69, 9.17) is 4.74 Å². The van der Waals surface area contributed by atoms with Gasteiger partial charge < -0.3 is 10.1 Å². The number of amides is 1. The van der Waals surface area contributed by atoms with Crippen molar-refractivity contribution < 1.29 is 9.53 Å². The Balaban J connectivity index is 1.76. The van der Waals surface area contributed by atoms with Crippen molar-refractivity contribution in [1.82, 2.24) is 15.5 Å². The fourth-order valence-electron chi connectivity index (χ4n) is 2.77. The first-order valence-corrected chi connectivity index (χ1v) is 8.71. The van der Waals surface area contributed by atoms with Gasteiger partial charge in [0.2, 0.25) is 0 Å². The standard InChI is InChI=1S/C21H23N3O2/c1-14(2)26-18-11-7-10-17(12-18)15(3)23-21(25)19-13-22-24-20(19)16-8-5-4-6-9-16/h4-15H,1-3H3,(H,22,24)(H,23,25). The number of ether oxygens (including phenoxy) is 1. The molecule has 0 saturated heterocycles. The molecule has 0 spiro atoms. The zero-order chi connectivity index (χ0) is 18.5. The fraction of sp³-hybridized carbons (Fsp3) is 0.238. The van der Waals surface area contributed by atoms with Gasteiger partial charge in [-0.3, -0.25) is 9.89 Å². The quantitative estimate of drug-likeness (QED) is 0.695. The molecule has 1 atom stereocenters. The number of aromatic amines is 1. The number of benzene rings is 2. The molecule has 1 aromatic heterocycles. The Morgan fingerprint density at radius 3 is 2.58 bits per heavy atom. The second kappa shape index (κ2) is 7.87. The average Bonchev–Trinajstić information content (AvgIpc) is 3.12. The van der Waals surface area contributed by atoms with E-state index in [-0.39, 0.29) is 18.1 Å². The highest BCUT2D eigenvalue weighted by atomic mass is 16.5. The van der Waals surface area contributed by atoms with Crippen LogP contribution < -0.4 is 10.1 Å². The topological polar surface area (TPSA) is 67.0 Å². The van der Waals surface area contributed by atoms with Gasteiger partial charge in [0.15, 0.2) is 0 Å². The van der Waals surface area contributed by atoms with Crippen molar-refractivity contribution in [3.63, 3.8) is 0 Å². The van der Waals surface area contributed by atoms with Gasteiger partial charge in [-0.25, -0.2) is 0 Å². The Morgan fingerprint density at radius 2 is 1.85 bits per heavy atom. The first kappa shape index (κ1) is 17.7. The van der Waals surface area contributed by atoms with Gasteiger partial charge in [-0.2, -0.15) is 5.10 Å². The SMILES string of the molecule is CC(C)Oc1cccc(C(C)NC(=O)c2cn[nH]c2-c2ccccc2)c1. The molecule has 0 saturated carbocycles. The van der Waals surface area contributed by atoms with Crippen LogP contribution in [0.4, 0.5) is 0 Å². The highest BCUT2D eigenvalue weighted by Crippen LogP contribution is 2.23. The zero-order valence-corrected chi connectivity index (χ0v) is 15.2. The van der Waals surface area contributed by atoms with Crippen LogP contribution in [0.2, 0.25) is 0 Å². The molecule has 5 heteroatoms. The van der Waals surface area contributed by atoms with E-state index in [1.54, 1.807) is 6.20 Å². The minimum absolute atomic E-state index is 0.106. The molecule has 2 N–H and O–H groups in total. The van der Waals surface area contributed by atoms with Crippen LogP contribution in [0.3, 0.4) is 0 Å². The van der Waals surface area contributed by atoms with E-state index in [2.05, 4.69) is 15.5 Å². The molecule has 0 aliphatic carbocycles. The summed E-state index contributed by atoms with van der Waals surface area (Å²) in [6.07, 6.45) is 1.66. The first-order chi connectivity index (χ1) is 12.5. The van der Waals surface area contributed by atoms with Crippen LogP contribution in [0, 0.1) is 0 Å². The number of nitrogens with one attached hydrogen (secondary N) is 2. The van der Waals surface area contributed by atoms with Crippen molar-refractivity contribution in [2.75, 3.05) is 0 Å². The molecule has 5 nitrogen and oxygen atoms in total. The molecule has 1 amide bonds. The molecule has 0 aliphatic rings. The molecular weight excluding hydrogens is 326 g/mol. The van der Waals surface area contributed by atoms with Crippen molar-refractivity contribution >= 4 is 5.91 Å². The van der Waals surface area contributed by atoms with Gasteiger partial charge in [0.05, 0.1) is 29.6 Å². The number of aromatic nitrogens is 2. The van der Waals surface area contributed by atoms with Crippen LogP contribution in [0.1, 0.15) is 42.7 Å². The number of carbonyl (C=O) groups is 1. The summed E-state index contributed by atoms with van der Waals surface area (Å²) in [7, 11) is 0.